The van der Waals surface area contributed by atoms with Gasteiger partial charge in [0.05, 0.1) is 12.3 Å². The number of hydrogen-bond acceptors (Lipinski definition) is 5. The van der Waals surface area contributed by atoms with Crippen molar-refractivity contribution in [1.82, 2.24) is 15.5 Å². The van der Waals surface area contributed by atoms with Gasteiger partial charge in [-0.3, -0.25) is 14.5 Å². The van der Waals surface area contributed by atoms with Gasteiger partial charge in [-0.05, 0) is 61.3 Å². The van der Waals surface area contributed by atoms with Crippen molar-refractivity contribution in [2.45, 2.75) is 45.7 Å². The van der Waals surface area contributed by atoms with Crippen molar-refractivity contribution in [3.8, 4) is 0 Å². The fourth-order valence-electron chi connectivity index (χ4n) is 3.69. The molecule has 6 nitrogen and oxygen atoms in total. The van der Waals surface area contributed by atoms with Crippen molar-refractivity contribution in [2.75, 3.05) is 19.6 Å². The van der Waals surface area contributed by atoms with Gasteiger partial charge < -0.3 is 15.1 Å². The van der Waals surface area contributed by atoms with Crippen LogP contribution in [-0.2, 0) is 4.79 Å². The van der Waals surface area contributed by atoms with E-state index in [1.165, 1.54) is 24.0 Å². The number of nitrogens with zero attached hydrogens (tertiary/aromatic N) is 1. The smallest absolute Gasteiger partial charge is 0.287 e. The van der Waals surface area contributed by atoms with Crippen LogP contribution >= 0.6 is 11.3 Å². The number of likely N-dealkylation sites (tertiary alicyclic amines) is 1. The van der Waals surface area contributed by atoms with E-state index in [1.54, 1.807) is 23.5 Å². The number of nitrogens with one attached hydrogen (secondary N) is 2. The number of carbonyl (C=O) groups is 2. The Bertz CT molecular complexity index is 765. The molecule has 0 bridgehead atoms. The molecule has 1 aliphatic rings. The predicted octanol–water partition coefficient (Wildman–Crippen LogP) is 3.68. The van der Waals surface area contributed by atoms with E-state index in [9.17, 15) is 9.59 Å². The molecule has 3 rings (SSSR count). The van der Waals surface area contributed by atoms with Crippen molar-refractivity contribution in [2.24, 2.45) is 11.8 Å². The summed E-state index contributed by atoms with van der Waals surface area (Å²) in [6, 6.07) is 7.00. The Morgan fingerprint density at radius 2 is 2.00 bits per heavy atom. The number of rotatable bonds is 8. The minimum absolute atomic E-state index is 0.0371. The highest BCUT2D eigenvalue weighted by Crippen LogP contribution is 2.29. The fraction of sp³-hybridized carbons (Fsp3) is 0.545. The lowest BCUT2D eigenvalue weighted by Gasteiger charge is -2.36. The Morgan fingerprint density at radius 3 is 2.59 bits per heavy atom. The van der Waals surface area contributed by atoms with E-state index < -0.39 is 6.04 Å². The highest BCUT2D eigenvalue weighted by molar-refractivity contribution is 7.10. The average molecular weight is 418 g/mol. The van der Waals surface area contributed by atoms with Crippen molar-refractivity contribution in [3.05, 3.63) is 46.5 Å². The summed E-state index contributed by atoms with van der Waals surface area (Å²) >= 11 is 1.73. The molecule has 7 heteroatoms. The SMILES string of the molecule is CC1CCN(C(CNC(=O)C(NC(=O)c2ccco2)C(C)C)c2cccs2)CC1. The van der Waals surface area contributed by atoms with Crippen LogP contribution in [0.25, 0.3) is 0 Å². The van der Waals surface area contributed by atoms with E-state index in [4.69, 9.17) is 4.42 Å². The minimum atomic E-state index is -0.613. The molecule has 29 heavy (non-hydrogen) atoms. The zero-order valence-electron chi connectivity index (χ0n) is 17.4. The fourth-order valence-corrected chi connectivity index (χ4v) is 4.55. The van der Waals surface area contributed by atoms with E-state index in [0.717, 1.165) is 19.0 Å². The number of carbonyl (C=O) groups excluding carboxylic acids is 2. The van der Waals surface area contributed by atoms with Gasteiger partial charge in [0.1, 0.15) is 6.04 Å². The van der Waals surface area contributed by atoms with Gasteiger partial charge in [0.25, 0.3) is 5.91 Å². The first-order valence-electron chi connectivity index (χ1n) is 10.3. The average Bonchev–Trinajstić information content (AvgIpc) is 3.41. The first-order valence-corrected chi connectivity index (χ1v) is 11.2. The second kappa shape index (κ2) is 10.1. The molecule has 0 aliphatic carbocycles. The van der Waals surface area contributed by atoms with Crippen LogP contribution in [0.5, 0.6) is 0 Å². The van der Waals surface area contributed by atoms with Gasteiger partial charge in [-0.25, -0.2) is 0 Å². The lowest BCUT2D eigenvalue weighted by molar-refractivity contribution is -0.124. The first kappa shape index (κ1) is 21.6. The third-order valence-electron chi connectivity index (χ3n) is 5.58. The van der Waals surface area contributed by atoms with E-state index in [-0.39, 0.29) is 29.5 Å². The molecule has 1 fully saturated rings. The molecule has 2 unspecified atom stereocenters. The maximum Gasteiger partial charge on any atom is 0.287 e. The molecule has 0 saturated carbocycles. The van der Waals surface area contributed by atoms with Gasteiger partial charge in [0, 0.05) is 11.4 Å². The molecular formula is C22H31N3O3S. The normalized spacial score (nSPS) is 17.8. The van der Waals surface area contributed by atoms with Crippen molar-refractivity contribution in [3.63, 3.8) is 0 Å². The van der Waals surface area contributed by atoms with Crippen molar-refractivity contribution >= 4 is 23.2 Å². The summed E-state index contributed by atoms with van der Waals surface area (Å²) in [6.45, 7) is 8.78. The summed E-state index contributed by atoms with van der Waals surface area (Å²) in [5.41, 5.74) is 0. The molecule has 2 aromatic heterocycles. The maximum atomic E-state index is 12.9. The van der Waals surface area contributed by atoms with Gasteiger partial charge in [-0.2, -0.15) is 0 Å². The van der Waals surface area contributed by atoms with Crippen molar-refractivity contribution in [1.29, 1.82) is 0 Å². The molecule has 158 valence electrons. The molecule has 0 spiro atoms. The molecule has 2 aromatic rings. The second-order valence-corrected chi connectivity index (χ2v) is 9.15. The number of thiophene rings is 1. The summed E-state index contributed by atoms with van der Waals surface area (Å²) in [5.74, 6) is 0.398. The van der Waals surface area contributed by atoms with Crippen LogP contribution in [0.15, 0.2) is 40.3 Å². The molecule has 0 aromatic carbocycles. The van der Waals surface area contributed by atoms with Crippen LogP contribution < -0.4 is 10.6 Å². The zero-order valence-corrected chi connectivity index (χ0v) is 18.2. The van der Waals surface area contributed by atoms with Gasteiger partial charge >= 0.3 is 0 Å². The molecule has 1 aliphatic heterocycles. The third-order valence-corrected chi connectivity index (χ3v) is 6.55. The predicted molar refractivity (Wildman–Crippen MR) is 115 cm³/mol. The molecule has 3 heterocycles. The zero-order chi connectivity index (χ0) is 20.8. The first-order chi connectivity index (χ1) is 14.0. The van der Waals surface area contributed by atoms with Crippen LogP contribution in [0.3, 0.4) is 0 Å². The van der Waals surface area contributed by atoms with Gasteiger partial charge in [0.2, 0.25) is 5.91 Å². The quantitative estimate of drug-likeness (QED) is 0.687. The highest BCUT2D eigenvalue weighted by Gasteiger charge is 2.29. The molecular weight excluding hydrogens is 386 g/mol. The Hall–Kier alpha value is -2.12. The van der Waals surface area contributed by atoms with Crippen LogP contribution in [0.1, 0.15) is 55.1 Å². The number of furan rings is 1. The highest BCUT2D eigenvalue weighted by atomic mass is 32.1. The van der Waals surface area contributed by atoms with Crippen molar-refractivity contribution < 1.29 is 14.0 Å². The van der Waals surface area contributed by atoms with Crippen LogP contribution in [0.4, 0.5) is 0 Å². The number of amides is 2. The Morgan fingerprint density at radius 1 is 1.24 bits per heavy atom. The Kier molecular flexibility index (Phi) is 7.50. The topological polar surface area (TPSA) is 74.6 Å². The molecule has 1 saturated heterocycles. The Labute approximate surface area is 176 Å². The van der Waals surface area contributed by atoms with E-state index in [0.29, 0.717) is 6.54 Å². The van der Waals surface area contributed by atoms with E-state index in [1.807, 2.05) is 13.8 Å². The van der Waals surface area contributed by atoms with E-state index in [2.05, 4.69) is 40.0 Å². The summed E-state index contributed by atoms with van der Waals surface area (Å²) in [5, 5.41) is 7.98. The minimum Gasteiger partial charge on any atom is -0.459 e. The summed E-state index contributed by atoms with van der Waals surface area (Å²) in [6.07, 6.45) is 3.82. The second-order valence-electron chi connectivity index (χ2n) is 8.17. The number of hydrogen-bond donors (Lipinski definition) is 2. The van der Waals surface area contributed by atoms with Gasteiger partial charge in [-0.1, -0.05) is 26.8 Å². The standard InChI is InChI=1S/C22H31N3O3S/c1-15(2)20(24-21(26)18-6-4-12-28-18)22(27)23-14-17(19-7-5-13-29-19)25-10-8-16(3)9-11-25/h4-7,12-13,15-17,20H,8-11,14H2,1-3H3,(H,23,27)(H,24,26). The van der Waals surface area contributed by atoms with Crippen LogP contribution in [0.2, 0.25) is 0 Å². The van der Waals surface area contributed by atoms with Gasteiger partial charge in [-0.15, -0.1) is 11.3 Å². The van der Waals surface area contributed by atoms with Crippen LogP contribution in [0, 0.1) is 11.8 Å². The monoisotopic (exact) mass is 417 g/mol. The maximum absolute atomic E-state index is 12.9. The third kappa shape index (κ3) is 5.70. The molecule has 2 N–H and O–H groups in total. The lowest BCUT2D eigenvalue weighted by Crippen LogP contribution is -2.51. The van der Waals surface area contributed by atoms with E-state index >= 15 is 0 Å². The lowest BCUT2D eigenvalue weighted by atomic mass is 9.97. The molecule has 2 amide bonds. The largest absolute Gasteiger partial charge is 0.459 e. The number of piperidine rings is 1. The summed E-state index contributed by atoms with van der Waals surface area (Å²) < 4.78 is 5.14. The van der Waals surface area contributed by atoms with Crippen LogP contribution in [-0.4, -0.2) is 42.4 Å². The molecule has 0 radical (unpaired) electrons. The molecule has 2 atom stereocenters. The summed E-state index contributed by atoms with van der Waals surface area (Å²) in [4.78, 5) is 29.0. The Balaban J connectivity index is 1.63. The summed E-state index contributed by atoms with van der Waals surface area (Å²) in [7, 11) is 0. The van der Waals surface area contributed by atoms with Gasteiger partial charge in [0.15, 0.2) is 5.76 Å².